The van der Waals surface area contributed by atoms with E-state index in [0.717, 1.165) is 70.6 Å². The van der Waals surface area contributed by atoms with Crippen LogP contribution >= 0.6 is 7.82 Å². The summed E-state index contributed by atoms with van der Waals surface area (Å²) in [5.41, 5.74) is 0. The first-order valence-electron chi connectivity index (χ1n) is 29.2. The standard InChI is InChI=1S/C60H107O11P/c1-4-7-10-13-16-19-21-23-25-27-28-30-32-34-36-39-42-45-48-51-60(64)71-57(53-67-58(62)49-46-43-40-38-35-33-31-29-26-24-22-20-17-14-11-8-5-2)55-69-72(65,66)68-54-56(52-61)70-59(63)50-47-44-41-37-18-15-12-9-6-3/h8,11,17,20,24,26,31,33,38,40,56-57,61H,4-7,9-10,12-16,18-19,21-23,25,27-30,32,34-37,39,41-55H2,1-3H3,(H,65,66)/b11-8-,20-17-,26-24-,33-31-,40-38-. The number of phosphoric acid groups is 1. The molecule has 0 aromatic heterocycles. The number of esters is 3. The monoisotopic (exact) mass is 1030 g/mol. The molecule has 0 bridgehead atoms. The molecule has 0 aromatic carbocycles. The maximum absolute atomic E-state index is 12.9. The third kappa shape index (κ3) is 52.1. The van der Waals surface area contributed by atoms with E-state index >= 15 is 0 Å². The molecular formula is C60H107O11P. The lowest BCUT2D eigenvalue weighted by Crippen LogP contribution is -2.30. The lowest BCUT2D eigenvalue weighted by atomic mass is 10.0. The Morgan fingerprint density at radius 2 is 0.722 bits per heavy atom. The number of ether oxygens (including phenoxy) is 3. The number of carbonyl (C=O) groups excluding carboxylic acids is 3. The zero-order chi connectivity index (χ0) is 52.7. The fourth-order valence-electron chi connectivity index (χ4n) is 8.04. The Labute approximate surface area is 440 Å². The molecule has 0 radical (unpaired) electrons. The van der Waals surface area contributed by atoms with Gasteiger partial charge in [-0.05, 0) is 57.8 Å². The second kappa shape index (κ2) is 54.4. The second-order valence-corrected chi connectivity index (χ2v) is 20.9. The predicted molar refractivity (Wildman–Crippen MR) is 298 cm³/mol. The average molecular weight is 1040 g/mol. The number of phosphoric ester groups is 1. The van der Waals surface area contributed by atoms with Gasteiger partial charge in [0, 0.05) is 19.3 Å². The van der Waals surface area contributed by atoms with E-state index in [1.807, 2.05) is 6.08 Å². The first-order chi connectivity index (χ1) is 35.2. The number of rotatable bonds is 54. The van der Waals surface area contributed by atoms with Gasteiger partial charge in [-0.15, -0.1) is 0 Å². The Kier molecular flexibility index (Phi) is 52.3. The molecule has 0 aliphatic rings. The van der Waals surface area contributed by atoms with Crippen LogP contribution in [0.4, 0.5) is 0 Å². The van der Waals surface area contributed by atoms with Crippen molar-refractivity contribution in [2.75, 3.05) is 26.4 Å². The van der Waals surface area contributed by atoms with E-state index in [9.17, 15) is 28.9 Å². The summed E-state index contributed by atoms with van der Waals surface area (Å²) in [5, 5.41) is 9.77. The summed E-state index contributed by atoms with van der Waals surface area (Å²) in [6.07, 6.45) is 59.2. The van der Waals surface area contributed by atoms with Crippen LogP contribution in [0.25, 0.3) is 0 Å². The molecule has 418 valence electrons. The van der Waals surface area contributed by atoms with Gasteiger partial charge >= 0.3 is 25.7 Å². The molecule has 3 atom stereocenters. The molecule has 0 spiro atoms. The molecule has 0 rings (SSSR count). The third-order valence-electron chi connectivity index (χ3n) is 12.5. The second-order valence-electron chi connectivity index (χ2n) is 19.4. The SMILES string of the molecule is CC/C=C\C/C=C\C/C=C\C/C=C\C/C=C\CCCC(=O)OCC(COP(=O)(O)OCC(CO)OC(=O)CCCCCCCCCCC)OC(=O)CCCCCCCCCCCCCCCCCCCCC. The Morgan fingerprint density at radius 3 is 1.10 bits per heavy atom. The Bertz CT molecular complexity index is 1440. The maximum Gasteiger partial charge on any atom is 0.472 e. The zero-order valence-electron chi connectivity index (χ0n) is 46.1. The van der Waals surface area contributed by atoms with E-state index < -0.39 is 57.8 Å². The van der Waals surface area contributed by atoms with E-state index in [1.165, 1.54) is 128 Å². The zero-order valence-corrected chi connectivity index (χ0v) is 47.0. The van der Waals surface area contributed by atoms with Crippen molar-refractivity contribution < 1.29 is 52.2 Å². The number of hydrogen-bond acceptors (Lipinski definition) is 10. The van der Waals surface area contributed by atoms with E-state index in [4.69, 9.17) is 23.3 Å². The number of hydrogen-bond donors (Lipinski definition) is 2. The van der Waals surface area contributed by atoms with Crippen molar-refractivity contribution in [3.8, 4) is 0 Å². The van der Waals surface area contributed by atoms with Crippen molar-refractivity contribution in [2.45, 2.75) is 277 Å². The summed E-state index contributed by atoms with van der Waals surface area (Å²) in [6, 6.07) is 0. The van der Waals surface area contributed by atoms with Gasteiger partial charge in [0.05, 0.1) is 19.8 Å². The van der Waals surface area contributed by atoms with Crippen molar-refractivity contribution in [1.29, 1.82) is 0 Å². The fraction of sp³-hybridized carbons (Fsp3) is 0.783. The Hall–Kier alpha value is -2.82. The molecule has 0 amide bonds. The average Bonchev–Trinajstić information content (AvgIpc) is 3.37. The highest BCUT2D eigenvalue weighted by atomic mass is 31.2. The van der Waals surface area contributed by atoms with Crippen molar-refractivity contribution in [2.24, 2.45) is 0 Å². The summed E-state index contributed by atoms with van der Waals surface area (Å²) in [6.45, 7) is 4.47. The minimum atomic E-state index is -4.75. The van der Waals surface area contributed by atoms with Crippen LogP contribution in [0.1, 0.15) is 265 Å². The molecular weight excluding hydrogens is 928 g/mol. The molecule has 0 aliphatic carbocycles. The normalized spacial score (nSPS) is 13.8. The van der Waals surface area contributed by atoms with Crippen molar-refractivity contribution in [3.05, 3.63) is 60.8 Å². The molecule has 12 heteroatoms. The van der Waals surface area contributed by atoms with Crippen LogP contribution in [0.15, 0.2) is 60.8 Å². The molecule has 3 unspecified atom stereocenters. The Balaban J connectivity index is 4.75. The smallest absolute Gasteiger partial charge is 0.462 e. The Morgan fingerprint density at radius 1 is 0.403 bits per heavy atom. The topological polar surface area (TPSA) is 155 Å². The van der Waals surface area contributed by atoms with Gasteiger partial charge in [0.2, 0.25) is 0 Å². The minimum absolute atomic E-state index is 0.150. The molecule has 0 aliphatic heterocycles. The lowest BCUT2D eigenvalue weighted by Gasteiger charge is -2.21. The number of aliphatic hydroxyl groups is 1. The summed E-state index contributed by atoms with van der Waals surface area (Å²) >= 11 is 0. The van der Waals surface area contributed by atoms with Gasteiger partial charge < -0.3 is 24.2 Å². The number of aliphatic hydroxyl groups excluding tert-OH is 1. The maximum atomic E-state index is 12.9. The molecule has 72 heavy (non-hydrogen) atoms. The van der Waals surface area contributed by atoms with E-state index in [1.54, 1.807) is 0 Å². The van der Waals surface area contributed by atoms with E-state index in [2.05, 4.69) is 75.5 Å². The molecule has 0 fully saturated rings. The van der Waals surface area contributed by atoms with Crippen LogP contribution in [0.2, 0.25) is 0 Å². The van der Waals surface area contributed by atoms with Crippen molar-refractivity contribution in [1.82, 2.24) is 0 Å². The van der Waals surface area contributed by atoms with Crippen molar-refractivity contribution >= 4 is 25.7 Å². The van der Waals surface area contributed by atoms with Gasteiger partial charge in [-0.1, -0.05) is 248 Å². The van der Waals surface area contributed by atoms with Gasteiger partial charge in [0.25, 0.3) is 0 Å². The van der Waals surface area contributed by atoms with Gasteiger partial charge in [-0.25, -0.2) is 4.57 Å². The highest BCUT2D eigenvalue weighted by Gasteiger charge is 2.28. The number of allylic oxidation sites excluding steroid dienone is 10. The molecule has 2 N–H and O–H groups in total. The molecule has 0 saturated heterocycles. The highest BCUT2D eigenvalue weighted by molar-refractivity contribution is 7.47. The summed E-state index contributed by atoms with van der Waals surface area (Å²) in [7, 11) is -4.75. The summed E-state index contributed by atoms with van der Waals surface area (Å²) in [4.78, 5) is 48.4. The van der Waals surface area contributed by atoms with Gasteiger partial charge in [0.1, 0.15) is 12.7 Å². The highest BCUT2D eigenvalue weighted by Crippen LogP contribution is 2.43. The van der Waals surface area contributed by atoms with Gasteiger partial charge in [-0.3, -0.25) is 23.4 Å². The quantitative estimate of drug-likeness (QED) is 0.0197. The largest absolute Gasteiger partial charge is 0.472 e. The van der Waals surface area contributed by atoms with E-state index in [-0.39, 0.29) is 25.9 Å². The lowest BCUT2D eigenvalue weighted by molar-refractivity contribution is -0.161. The van der Waals surface area contributed by atoms with Crippen molar-refractivity contribution in [3.63, 3.8) is 0 Å². The van der Waals surface area contributed by atoms with Crippen LogP contribution in [0.5, 0.6) is 0 Å². The summed E-state index contributed by atoms with van der Waals surface area (Å²) < 4.78 is 39.4. The number of carbonyl (C=O) groups is 3. The minimum Gasteiger partial charge on any atom is -0.462 e. The fourth-order valence-corrected chi connectivity index (χ4v) is 8.82. The third-order valence-corrected chi connectivity index (χ3v) is 13.4. The van der Waals surface area contributed by atoms with Crippen LogP contribution in [0, 0.1) is 0 Å². The molecule has 11 nitrogen and oxygen atoms in total. The van der Waals surface area contributed by atoms with E-state index in [0.29, 0.717) is 25.7 Å². The van der Waals surface area contributed by atoms with Gasteiger partial charge in [0.15, 0.2) is 6.10 Å². The first kappa shape index (κ1) is 69.2. The van der Waals surface area contributed by atoms with Crippen LogP contribution in [-0.2, 0) is 42.2 Å². The van der Waals surface area contributed by atoms with Crippen LogP contribution in [0.3, 0.4) is 0 Å². The van der Waals surface area contributed by atoms with Gasteiger partial charge in [-0.2, -0.15) is 0 Å². The van der Waals surface area contributed by atoms with Crippen LogP contribution < -0.4 is 0 Å². The molecule has 0 heterocycles. The predicted octanol–water partition coefficient (Wildman–Crippen LogP) is 17.1. The number of unbranched alkanes of at least 4 members (excludes halogenated alkanes) is 27. The molecule has 0 saturated carbocycles. The molecule has 0 aromatic rings. The first-order valence-corrected chi connectivity index (χ1v) is 30.7. The summed E-state index contributed by atoms with van der Waals surface area (Å²) in [5.74, 6) is -1.52. The van der Waals surface area contributed by atoms with Crippen LogP contribution in [-0.4, -0.2) is 66.5 Å².